The van der Waals surface area contributed by atoms with Crippen LogP contribution in [0.1, 0.15) is 69.9 Å². The first-order valence-electron chi connectivity index (χ1n) is 11.8. The molecule has 0 N–H and O–H groups in total. The van der Waals surface area contributed by atoms with Crippen LogP contribution in [0.15, 0.2) is 60.7 Å². The van der Waals surface area contributed by atoms with E-state index in [-0.39, 0.29) is 38.3 Å². The number of hydrogen-bond donors (Lipinski definition) is 0. The van der Waals surface area contributed by atoms with Gasteiger partial charge in [-0.3, -0.25) is 18.4 Å². The normalized spacial score (nSPS) is 12.4. The van der Waals surface area contributed by atoms with E-state index in [0.717, 1.165) is 30.4 Å². The van der Waals surface area contributed by atoms with Crippen molar-refractivity contribution in [1.82, 2.24) is 0 Å². The molecule has 0 radical (unpaired) electrons. The van der Waals surface area contributed by atoms with Crippen LogP contribution in [0.5, 0.6) is 0 Å². The van der Waals surface area contributed by atoms with E-state index in [2.05, 4.69) is 6.92 Å². The third-order valence-electron chi connectivity index (χ3n) is 5.04. The zero-order valence-corrected chi connectivity index (χ0v) is 20.7. The monoisotopic (exact) mass is 476 g/mol. The Bertz CT molecular complexity index is 780. The maximum Gasteiger partial charge on any atom is 0.475 e. The first-order valence-corrected chi connectivity index (χ1v) is 13.3. The molecule has 0 aliphatic rings. The van der Waals surface area contributed by atoms with Crippen molar-refractivity contribution in [2.75, 3.05) is 6.61 Å². The summed E-state index contributed by atoms with van der Waals surface area (Å²) in [6, 6.07) is 18.8. The summed E-state index contributed by atoms with van der Waals surface area (Å²) in [4.78, 5) is 12.1. The lowest BCUT2D eigenvalue weighted by atomic mass is 10.1. The SMILES string of the molecule is CCCCCCC(C)OC(=O)CCCOP(=O)(OCc1ccccc1)OCc1ccccc1. The van der Waals surface area contributed by atoms with Crippen LogP contribution in [-0.4, -0.2) is 18.7 Å². The summed E-state index contributed by atoms with van der Waals surface area (Å²) in [6.45, 7) is 4.36. The van der Waals surface area contributed by atoms with Gasteiger partial charge in [0.15, 0.2) is 0 Å². The average molecular weight is 477 g/mol. The average Bonchev–Trinajstić information content (AvgIpc) is 2.83. The summed E-state index contributed by atoms with van der Waals surface area (Å²) in [5.41, 5.74) is 1.72. The molecular weight excluding hydrogens is 439 g/mol. The molecule has 0 heterocycles. The quantitative estimate of drug-likeness (QED) is 0.136. The van der Waals surface area contributed by atoms with E-state index in [9.17, 15) is 9.36 Å². The predicted molar refractivity (Wildman–Crippen MR) is 130 cm³/mol. The summed E-state index contributed by atoms with van der Waals surface area (Å²) in [5, 5.41) is 0. The molecule has 0 fully saturated rings. The summed E-state index contributed by atoms with van der Waals surface area (Å²) < 4.78 is 35.3. The zero-order valence-electron chi connectivity index (χ0n) is 19.8. The van der Waals surface area contributed by atoms with Crippen molar-refractivity contribution in [3.8, 4) is 0 Å². The highest BCUT2D eigenvalue weighted by Gasteiger charge is 2.27. The fourth-order valence-corrected chi connectivity index (χ4v) is 4.35. The van der Waals surface area contributed by atoms with Crippen molar-refractivity contribution in [3.63, 3.8) is 0 Å². The van der Waals surface area contributed by atoms with Crippen molar-refractivity contribution in [3.05, 3.63) is 71.8 Å². The Hall–Kier alpha value is -1.98. The minimum Gasteiger partial charge on any atom is -0.463 e. The molecule has 6 nitrogen and oxygen atoms in total. The number of rotatable bonds is 17. The van der Waals surface area contributed by atoms with E-state index in [1.165, 1.54) is 12.8 Å². The molecule has 2 rings (SSSR count). The molecule has 2 aromatic rings. The van der Waals surface area contributed by atoms with Gasteiger partial charge < -0.3 is 4.74 Å². The molecule has 1 unspecified atom stereocenters. The highest BCUT2D eigenvalue weighted by atomic mass is 31.2. The molecule has 2 aromatic carbocycles. The van der Waals surface area contributed by atoms with Gasteiger partial charge in [0.25, 0.3) is 0 Å². The van der Waals surface area contributed by atoms with Gasteiger partial charge in [0.1, 0.15) is 0 Å². The van der Waals surface area contributed by atoms with Gasteiger partial charge in [-0.2, -0.15) is 0 Å². The Morgan fingerprint density at radius 2 is 1.39 bits per heavy atom. The van der Waals surface area contributed by atoms with Gasteiger partial charge in [0.2, 0.25) is 0 Å². The summed E-state index contributed by atoms with van der Waals surface area (Å²) >= 11 is 0. The van der Waals surface area contributed by atoms with Gasteiger partial charge in [-0.1, -0.05) is 86.8 Å². The number of ether oxygens (including phenoxy) is 1. The topological polar surface area (TPSA) is 71.1 Å². The van der Waals surface area contributed by atoms with Crippen LogP contribution in [0.3, 0.4) is 0 Å². The standard InChI is InChI=1S/C26H37O6P/c1-3-4-5-8-14-23(2)32-26(27)19-13-20-29-33(28,30-21-24-15-9-6-10-16-24)31-22-25-17-11-7-12-18-25/h6-7,9-12,15-18,23H,3-5,8,13-14,19-22H2,1-2H3. The first-order chi connectivity index (χ1) is 16.0. The Morgan fingerprint density at radius 1 is 0.818 bits per heavy atom. The molecule has 0 amide bonds. The molecule has 0 saturated carbocycles. The van der Waals surface area contributed by atoms with Gasteiger partial charge in [-0.05, 0) is 37.3 Å². The Kier molecular flexibility index (Phi) is 13.0. The molecule has 0 aliphatic heterocycles. The lowest BCUT2D eigenvalue weighted by Crippen LogP contribution is -2.15. The molecule has 0 aromatic heterocycles. The van der Waals surface area contributed by atoms with Crippen molar-refractivity contribution in [2.45, 2.75) is 78.1 Å². The molecule has 182 valence electrons. The van der Waals surface area contributed by atoms with Crippen LogP contribution in [0.4, 0.5) is 0 Å². The predicted octanol–water partition coefficient (Wildman–Crippen LogP) is 7.23. The van der Waals surface area contributed by atoms with Gasteiger partial charge in [-0.15, -0.1) is 0 Å². The molecular formula is C26H37O6P. The summed E-state index contributed by atoms with van der Waals surface area (Å²) in [5.74, 6) is -0.271. The molecule has 0 bridgehead atoms. The van der Waals surface area contributed by atoms with E-state index in [1.807, 2.05) is 67.6 Å². The number of carbonyl (C=O) groups is 1. The second kappa shape index (κ2) is 15.8. The van der Waals surface area contributed by atoms with Crippen molar-refractivity contribution >= 4 is 13.8 Å². The van der Waals surface area contributed by atoms with Crippen molar-refractivity contribution in [2.24, 2.45) is 0 Å². The lowest BCUT2D eigenvalue weighted by Gasteiger charge is -2.18. The number of phosphoric acid groups is 1. The van der Waals surface area contributed by atoms with Gasteiger partial charge >= 0.3 is 13.8 Å². The minimum absolute atomic E-state index is 0.0703. The van der Waals surface area contributed by atoms with Crippen molar-refractivity contribution < 1.29 is 27.7 Å². The van der Waals surface area contributed by atoms with Crippen LogP contribution in [0.25, 0.3) is 0 Å². The maximum absolute atomic E-state index is 13.2. The number of hydrogen-bond acceptors (Lipinski definition) is 6. The van der Waals surface area contributed by atoms with E-state index in [1.54, 1.807) is 0 Å². The molecule has 0 aliphatic carbocycles. The summed E-state index contributed by atoms with van der Waals surface area (Å²) in [6.07, 6.45) is 5.95. The smallest absolute Gasteiger partial charge is 0.463 e. The zero-order chi connectivity index (χ0) is 23.8. The minimum atomic E-state index is -3.81. The second-order valence-corrected chi connectivity index (χ2v) is 9.72. The van der Waals surface area contributed by atoms with E-state index < -0.39 is 7.82 Å². The Labute approximate surface area is 198 Å². The third kappa shape index (κ3) is 12.2. The van der Waals surface area contributed by atoms with Crippen LogP contribution in [0.2, 0.25) is 0 Å². The lowest BCUT2D eigenvalue weighted by molar-refractivity contribution is -0.148. The third-order valence-corrected chi connectivity index (χ3v) is 6.43. The van der Waals surface area contributed by atoms with Crippen LogP contribution < -0.4 is 0 Å². The first kappa shape index (κ1) is 27.3. The fourth-order valence-electron chi connectivity index (χ4n) is 3.16. The van der Waals surface area contributed by atoms with Crippen LogP contribution in [-0.2, 0) is 40.9 Å². The number of phosphoric ester groups is 1. The van der Waals surface area contributed by atoms with Gasteiger partial charge in [-0.25, -0.2) is 4.57 Å². The number of unbranched alkanes of at least 4 members (excludes halogenated alkanes) is 3. The molecule has 33 heavy (non-hydrogen) atoms. The van der Waals surface area contributed by atoms with Gasteiger partial charge in [0, 0.05) is 6.42 Å². The van der Waals surface area contributed by atoms with E-state index in [4.69, 9.17) is 18.3 Å². The highest BCUT2D eigenvalue weighted by Crippen LogP contribution is 2.51. The fraction of sp³-hybridized carbons (Fsp3) is 0.500. The Morgan fingerprint density at radius 3 is 1.94 bits per heavy atom. The van der Waals surface area contributed by atoms with E-state index in [0.29, 0.717) is 6.42 Å². The van der Waals surface area contributed by atoms with Crippen LogP contribution >= 0.6 is 7.82 Å². The largest absolute Gasteiger partial charge is 0.475 e. The number of esters is 1. The van der Waals surface area contributed by atoms with Gasteiger partial charge in [0.05, 0.1) is 25.9 Å². The number of benzene rings is 2. The molecule has 7 heteroatoms. The second-order valence-electron chi connectivity index (χ2n) is 8.05. The number of carbonyl (C=O) groups excluding carboxylic acids is 1. The molecule has 0 saturated heterocycles. The van der Waals surface area contributed by atoms with Crippen LogP contribution in [0, 0.1) is 0 Å². The van der Waals surface area contributed by atoms with E-state index >= 15 is 0 Å². The highest BCUT2D eigenvalue weighted by molar-refractivity contribution is 7.48. The van der Waals surface area contributed by atoms with Crippen molar-refractivity contribution in [1.29, 1.82) is 0 Å². The maximum atomic E-state index is 13.2. The Balaban J connectivity index is 1.77. The molecule has 0 spiro atoms. The molecule has 1 atom stereocenters. The summed E-state index contributed by atoms with van der Waals surface area (Å²) in [7, 11) is -3.81.